The molecule has 1 aliphatic rings. The first kappa shape index (κ1) is 21.2. The van der Waals surface area contributed by atoms with E-state index in [2.05, 4.69) is 9.71 Å². The van der Waals surface area contributed by atoms with E-state index in [9.17, 15) is 25.6 Å². The molecule has 0 bridgehead atoms. The summed E-state index contributed by atoms with van der Waals surface area (Å²) in [4.78, 5) is 3.01. The Labute approximate surface area is 168 Å². The van der Waals surface area contributed by atoms with Gasteiger partial charge in [-0.2, -0.15) is 0 Å². The van der Waals surface area contributed by atoms with E-state index in [4.69, 9.17) is 0 Å². The molecule has 2 aromatic rings. The number of nitrogens with one attached hydrogen (secondary N) is 2. The molecule has 2 N–H and O–H groups in total. The van der Waals surface area contributed by atoms with Crippen molar-refractivity contribution in [3.8, 4) is 0 Å². The first-order valence-corrected chi connectivity index (χ1v) is 11.8. The van der Waals surface area contributed by atoms with E-state index in [1.165, 1.54) is 24.3 Å². The zero-order chi connectivity index (χ0) is 21.1. The molecule has 7 nitrogen and oxygen atoms in total. The van der Waals surface area contributed by atoms with Gasteiger partial charge in [-0.25, -0.2) is 25.6 Å². The second-order valence-electron chi connectivity index (χ2n) is 6.43. The Morgan fingerprint density at radius 3 is 2.10 bits per heavy atom. The summed E-state index contributed by atoms with van der Waals surface area (Å²) in [6.45, 7) is 0.561. The minimum absolute atomic E-state index is 0.0431. The smallest absolute Gasteiger partial charge is 0.267 e. The molecule has 3 rings (SSSR count). The van der Waals surface area contributed by atoms with Crippen LogP contribution in [0.1, 0.15) is 25.7 Å². The van der Waals surface area contributed by atoms with Gasteiger partial charge in [-0.3, -0.25) is 14.4 Å². The summed E-state index contributed by atoms with van der Waals surface area (Å²) >= 11 is 0. The normalized spacial score (nSPS) is 15.3. The van der Waals surface area contributed by atoms with Gasteiger partial charge in [-0.05, 0) is 49.2 Å². The second-order valence-corrected chi connectivity index (χ2v) is 9.73. The molecule has 0 atom stereocenters. The third-order valence-corrected chi connectivity index (χ3v) is 7.06. The number of nitrogens with zero attached hydrogens (tertiary/aromatic N) is 1. The molecule has 1 aliphatic heterocycles. The van der Waals surface area contributed by atoms with E-state index in [1.54, 1.807) is 0 Å². The average molecular weight is 443 g/mol. The summed E-state index contributed by atoms with van der Waals surface area (Å²) in [5.41, 5.74) is -0.0431. The van der Waals surface area contributed by atoms with Crippen LogP contribution in [0.4, 0.5) is 14.5 Å². The summed E-state index contributed by atoms with van der Waals surface area (Å²) in [5, 5.41) is 0. The van der Waals surface area contributed by atoms with Crippen LogP contribution in [-0.4, -0.2) is 29.2 Å². The highest BCUT2D eigenvalue weighted by Gasteiger charge is 2.24. The van der Waals surface area contributed by atoms with Gasteiger partial charge < -0.3 is 0 Å². The number of rotatable bonds is 5. The first-order chi connectivity index (χ1) is 13.7. The molecule has 0 saturated heterocycles. The lowest BCUT2D eigenvalue weighted by atomic mass is 10.2. The number of benzene rings is 2. The van der Waals surface area contributed by atoms with Crippen molar-refractivity contribution >= 4 is 31.6 Å². The van der Waals surface area contributed by atoms with E-state index < -0.39 is 36.6 Å². The fraction of sp³-hybridized carbons (Fsp3) is 0.278. The van der Waals surface area contributed by atoms with Crippen LogP contribution >= 0.6 is 0 Å². The van der Waals surface area contributed by atoms with Crippen LogP contribution in [0.25, 0.3) is 0 Å². The van der Waals surface area contributed by atoms with Crippen molar-refractivity contribution in [2.45, 2.75) is 35.5 Å². The molecule has 0 saturated carbocycles. The Bertz CT molecular complexity index is 1110. The molecule has 0 amide bonds. The quantitative estimate of drug-likeness (QED) is 0.741. The van der Waals surface area contributed by atoms with E-state index >= 15 is 0 Å². The number of aliphatic imine (C=N–C) groups is 1. The Morgan fingerprint density at radius 2 is 1.45 bits per heavy atom. The van der Waals surface area contributed by atoms with Crippen molar-refractivity contribution in [1.82, 2.24) is 4.72 Å². The standard InChI is InChI=1S/C18H19F2N3O4S2/c19-15-5-4-6-16(20)18(15)29(26,27)22-13-8-10-14(11-9-13)28(24,25)23-17-7-2-1-3-12-21-17/h4-6,8-11,22H,1-3,7,12H2,(H,21,23). The fourth-order valence-electron chi connectivity index (χ4n) is 2.82. The Hall–Kier alpha value is -2.53. The Kier molecular flexibility index (Phi) is 6.18. The summed E-state index contributed by atoms with van der Waals surface area (Å²) in [6, 6.07) is 7.48. The fourth-order valence-corrected chi connectivity index (χ4v) is 5.11. The second kappa shape index (κ2) is 8.46. The number of anilines is 1. The highest BCUT2D eigenvalue weighted by Crippen LogP contribution is 2.23. The van der Waals surface area contributed by atoms with E-state index in [1.807, 2.05) is 4.72 Å². The lowest BCUT2D eigenvalue weighted by Gasteiger charge is -2.12. The third-order valence-electron chi connectivity index (χ3n) is 4.23. The summed E-state index contributed by atoms with van der Waals surface area (Å²) in [5.74, 6) is -2.07. The average Bonchev–Trinajstić information content (AvgIpc) is 2.89. The van der Waals surface area contributed by atoms with E-state index in [-0.39, 0.29) is 10.6 Å². The Balaban J connectivity index is 1.78. The molecular formula is C18H19F2N3O4S2. The molecule has 0 radical (unpaired) electrons. The zero-order valence-electron chi connectivity index (χ0n) is 15.2. The van der Waals surface area contributed by atoms with Gasteiger partial charge in [0.05, 0.1) is 4.90 Å². The van der Waals surface area contributed by atoms with Crippen molar-refractivity contribution < 1.29 is 25.6 Å². The molecule has 29 heavy (non-hydrogen) atoms. The lowest BCUT2D eigenvalue weighted by molar-refractivity contribution is 0.521. The minimum atomic E-state index is -4.53. The van der Waals surface area contributed by atoms with Gasteiger partial charge in [-0.1, -0.05) is 12.5 Å². The molecule has 0 aliphatic carbocycles. The van der Waals surface area contributed by atoms with Crippen LogP contribution in [0.3, 0.4) is 0 Å². The summed E-state index contributed by atoms with van der Waals surface area (Å²) in [6.07, 6.45) is 3.26. The number of halogens is 2. The van der Waals surface area contributed by atoms with Crippen molar-refractivity contribution in [2.75, 3.05) is 11.3 Å². The van der Waals surface area contributed by atoms with Crippen LogP contribution in [0, 0.1) is 11.6 Å². The largest absolute Gasteiger partial charge is 0.279 e. The van der Waals surface area contributed by atoms with Gasteiger partial charge in [-0.15, -0.1) is 0 Å². The van der Waals surface area contributed by atoms with Crippen molar-refractivity contribution in [3.05, 3.63) is 54.1 Å². The van der Waals surface area contributed by atoms with E-state index in [0.717, 1.165) is 37.5 Å². The van der Waals surface area contributed by atoms with Crippen LogP contribution in [0.5, 0.6) is 0 Å². The van der Waals surface area contributed by atoms with Gasteiger partial charge in [0.25, 0.3) is 20.0 Å². The maximum atomic E-state index is 13.8. The predicted molar refractivity (Wildman–Crippen MR) is 105 cm³/mol. The first-order valence-electron chi connectivity index (χ1n) is 8.82. The molecule has 0 spiro atoms. The van der Waals surface area contributed by atoms with Crippen molar-refractivity contribution in [2.24, 2.45) is 4.99 Å². The minimum Gasteiger partial charge on any atom is -0.279 e. The van der Waals surface area contributed by atoms with Gasteiger partial charge in [0.2, 0.25) is 0 Å². The predicted octanol–water partition coefficient (Wildman–Crippen LogP) is 3.02. The topological polar surface area (TPSA) is 105 Å². The highest BCUT2D eigenvalue weighted by atomic mass is 32.2. The van der Waals surface area contributed by atoms with Crippen molar-refractivity contribution in [3.63, 3.8) is 0 Å². The highest BCUT2D eigenvalue weighted by molar-refractivity contribution is 7.92. The molecule has 1 heterocycles. The number of sulfonamides is 2. The van der Waals surface area contributed by atoms with Crippen LogP contribution in [0.2, 0.25) is 0 Å². The molecule has 11 heteroatoms. The molecule has 0 unspecified atom stereocenters. The summed E-state index contributed by atoms with van der Waals surface area (Å²) in [7, 11) is -8.41. The molecule has 0 aromatic heterocycles. The van der Waals surface area contributed by atoms with Gasteiger partial charge in [0.15, 0.2) is 4.90 Å². The van der Waals surface area contributed by atoms with Crippen LogP contribution < -0.4 is 9.44 Å². The molecular weight excluding hydrogens is 424 g/mol. The van der Waals surface area contributed by atoms with Gasteiger partial charge in [0.1, 0.15) is 17.5 Å². The zero-order valence-corrected chi connectivity index (χ0v) is 16.9. The summed E-state index contributed by atoms with van der Waals surface area (Å²) < 4.78 is 81.6. The molecule has 0 fully saturated rings. The van der Waals surface area contributed by atoms with Crippen molar-refractivity contribution in [1.29, 1.82) is 0 Å². The third kappa shape index (κ3) is 5.10. The SMILES string of the molecule is O=S(=O)(NC1=NCCCCC1)c1ccc(NS(=O)(=O)c2c(F)cccc2F)cc1. The number of hydrogen-bond acceptors (Lipinski definition) is 5. The Morgan fingerprint density at radius 1 is 0.793 bits per heavy atom. The van der Waals surface area contributed by atoms with E-state index in [0.29, 0.717) is 18.8 Å². The van der Waals surface area contributed by atoms with Gasteiger partial charge >= 0.3 is 0 Å². The molecule has 156 valence electrons. The number of hydrogen-bond donors (Lipinski definition) is 2. The maximum Gasteiger partial charge on any atom is 0.267 e. The lowest BCUT2D eigenvalue weighted by Crippen LogP contribution is -2.30. The van der Waals surface area contributed by atoms with Crippen LogP contribution in [0.15, 0.2) is 57.2 Å². The monoisotopic (exact) mass is 443 g/mol. The maximum absolute atomic E-state index is 13.8. The van der Waals surface area contributed by atoms with Gasteiger partial charge in [0, 0.05) is 18.7 Å². The van der Waals surface area contributed by atoms with Crippen LogP contribution in [-0.2, 0) is 20.0 Å². The number of amidine groups is 1. The molecule has 2 aromatic carbocycles.